The van der Waals surface area contributed by atoms with E-state index in [-0.39, 0.29) is 5.54 Å². The predicted octanol–water partition coefficient (Wildman–Crippen LogP) is 7.00. The van der Waals surface area contributed by atoms with Gasteiger partial charge in [0.2, 0.25) is 0 Å². The summed E-state index contributed by atoms with van der Waals surface area (Å²) in [6, 6.07) is 17.4. The van der Waals surface area contributed by atoms with E-state index in [2.05, 4.69) is 100 Å². The van der Waals surface area contributed by atoms with Crippen LogP contribution < -0.4 is 10.6 Å². The molecule has 0 spiro atoms. The van der Waals surface area contributed by atoms with Crippen molar-refractivity contribution in [2.24, 2.45) is 0 Å². The minimum Gasteiger partial charge on any atom is -0.372 e. The van der Waals surface area contributed by atoms with Crippen LogP contribution in [0.25, 0.3) is 5.57 Å². The molecular formula is C27H40N2. The van der Waals surface area contributed by atoms with Gasteiger partial charge in [-0.05, 0) is 55.4 Å². The van der Waals surface area contributed by atoms with Crippen LogP contribution in [-0.2, 0) is 12.0 Å². The summed E-state index contributed by atoms with van der Waals surface area (Å²) in [5.74, 6) is 1.38. The number of hydrogen-bond donors (Lipinski definition) is 2. The van der Waals surface area contributed by atoms with E-state index in [9.17, 15) is 0 Å². The minimum atomic E-state index is -0.182. The van der Waals surface area contributed by atoms with Crippen molar-refractivity contribution in [1.29, 1.82) is 0 Å². The fourth-order valence-electron chi connectivity index (χ4n) is 3.09. The molecule has 2 heteroatoms. The zero-order chi connectivity index (χ0) is 22.0. The van der Waals surface area contributed by atoms with Gasteiger partial charge in [0.25, 0.3) is 0 Å². The third-order valence-corrected chi connectivity index (χ3v) is 4.94. The molecule has 0 saturated carbocycles. The molecule has 0 aliphatic heterocycles. The molecule has 0 fully saturated rings. The summed E-state index contributed by atoms with van der Waals surface area (Å²) in [6.07, 6.45) is 0.959. The zero-order valence-electron chi connectivity index (χ0n) is 19.5. The van der Waals surface area contributed by atoms with Crippen LogP contribution in [-0.4, -0.2) is 6.54 Å². The Morgan fingerprint density at radius 3 is 2.17 bits per heavy atom. The lowest BCUT2D eigenvalue weighted by Crippen LogP contribution is -2.40. The number of rotatable bonds is 9. The Labute approximate surface area is 179 Å². The highest BCUT2D eigenvalue weighted by Gasteiger charge is 2.21. The Bertz CT molecular complexity index is 782. The summed E-state index contributed by atoms with van der Waals surface area (Å²) in [5.41, 5.74) is 6.05. The van der Waals surface area contributed by atoms with Crippen LogP contribution >= 0.6 is 0 Å². The van der Waals surface area contributed by atoms with Gasteiger partial charge in [-0.15, -0.1) is 0 Å². The lowest BCUT2D eigenvalue weighted by Gasteiger charge is -2.30. The predicted molar refractivity (Wildman–Crippen MR) is 130 cm³/mol. The topological polar surface area (TPSA) is 24.1 Å². The van der Waals surface area contributed by atoms with Gasteiger partial charge in [0.1, 0.15) is 0 Å². The van der Waals surface area contributed by atoms with E-state index in [1.165, 1.54) is 22.3 Å². The summed E-state index contributed by atoms with van der Waals surface area (Å²) in [6.45, 7) is 23.9. The third kappa shape index (κ3) is 7.81. The first-order chi connectivity index (χ1) is 13.7. The van der Waals surface area contributed by atoms with Crippen molar-refractivity contribution in [3.05, 3.63) is 89.8 Å². The van der Waals surface area contributed by atoms with Crippen molar-refractivity contribution in [3.63, 3.8) is 0 Å². The Kier molecular flexibility index (Phi) is 9.74. The van der Waals surface area contributed by atoms with Crippen LogP contribution in [0.15, 0.2) is 67.5 Å². The van der Waals surface area contributed by atoms with Crippen LogP contribution in [0.5, 0.6) is 0 Å². The summed E-state index contributed by atoms with van der Waals surface area (Å²) in [4.78, 5) is 0. The number of nitrogens with one attached hydrogen (secondary N) is 2. The molecule has 2 N–H and O–H groups in total. The number of hydrogen-bond acceptors (Lipinski definition) is 2. The molecule has 0 aliphatic carbocycles. The van der Waals surface area contributed by atoms with Gasteiger partial charge >= 0.3 is 0 Å². The molecule has 0 amide bonds. The summed E-state index contributed by atoms with van der Waals surface area (Å²) < 4.78 is 0. The fourth-order valence-corrected chi connectivity index (χ4v) is 3.09. The highest BCUT2D eigenvalue weighted by atomic mass is 15.1. The Balaban J connectivity index is 0.00000204. The van der Waals surface area contributed by atoms with Crippen LogP contribution in [0.1, 0.15) is 76.6 Å². The Morgan fingerprint density at radius 2 is 1.62 bits per heavy atom. The standard InChI is InChI=1S/C25H34N2.C2H6/c1-18(2)22-13-11-21(12-14-22)15-16-26-20(5)27-25(6,7)24-10-8-9-23(17-24)19(3)4;1-2/h8-14,17,19,26-27H,1,5,15-16H2,2-4,6-7H3;1-2H3. The van der Waals surface area contributed by atoms with E-state index in [1.54, 1.807) is 0 Å². The first-order valence-electron chi connectivity index (χ1n) is 10.8. The van der Waals surface area contributed by atoms with Gasteiger partial charge in [-0.25, -0.2) is 0 Å². The first kappa shape index (κ1) is 24.6. The van der Waals surface area contributed by atoms with Gasteiger partial charge < -0.3 is 10.6 Å². The molecule has 0 radical (unpaired) electrons. The fraction of sp³-hybridized carbons (Fsp3) is 0.407. The molecule has 29 heavy (non-hydrogen) atoms. The maximum Gasteiger partial charge on any atom is 0.0919 e. The molecule has 0 atom stereocenters. The monoisotopic (exact) mass is 392 g/mol. The first-order valence-corrected chi connectivity index (χ1v) is 10.8. The molecule has 2 aromatic rings. The molecule has 2 nitrogen and oxygen atoms in total. The molecule has 0 saturated heterocycles. The van der Waals surface area contributed by atoms with E-state index in [0.717, 1.165) is 24.4 Å². The summed E-state index contributed by atoms with van der Waals surface area (Å²) in [5, 5.41) is 6.94. The lowest BCUT2D eigenvalue weighted by atomic mass is 9.90. The molecule has 2 aromatic carbocycles. The number of allylic oxidation sites excluding steroid dienone is 1. The molecule has 0 aliphatic rings. The second-order valence-corrected chi connectivity index (χ2v) is 8.16. The molecule has 0 aromatic heterocycles. The van der Waals surface area contributed by atoms with E-state index >= 15 is 0 Å². The maximum atomic E-state index is 4.16. The van der Waals surface area contributed by atoms with Crippen molar-refractivity contribution < 1.29 is 0 Å². The molecule has 0 bridgehead atoms. The van der Waals surface area contributed by atoms with Gasteiger partial charge in [-0.3, -0.25) is 0 Å². The largest absolute Gasteiger partial charge is 0.372 e. The normalized spacial score (nSPS) is 10.8. The van der Waals surface area contributed by atoms with Crippen molar-refractivity contribution in [1.82, 2.24) is 10.6 Å². The van der Waals surface area contributed by atoms with E-state index in [1.807, 2.05) is 20.8 Å². The number of benzene rings is 2. The molecular weight excluding hydrogens is 352 g/mol. The Hall–Kier alpha value is -2.48. The van der Waals surface area contributed by atoms with Crippen LogP contribution in [0.4, 0.5) is 0 Å². The average Bonchev–Trinajstić information content (AvgIpc) is 2.69. The van der Waals surface area contributed by atoms with Crippen molar-refractivity contribution in [2.75, 3.05) is 6.54 Å². The van der Waals surface area contributed by atoms with Gasteiger partial charge in [0.05, 0.1) is 11.4 Å². The van der Waals surface area contributed by atoms with E-state index in [4.69, 9.17) is 0 Å². The summed E-state index contributed by atoms with van der Waals surface area (Å²) >= 11 is 0. The second kappa shape index (κ2) is 11.5. The van der Waals surface area contributed by atoms with Crippen LogP contribution in [0.3, 0.4) is 0 Å². The molecule has 0 heterocycles. The zero-order valence-corrected chi connectivity index (χ0v) is 19.5. The van der Waals surface area contributed by atoms with Crippen molar-refractivity contribution in [3.8, 4) is 0 Å². The van der Waals surface area contributed by atoms with Crippen molar-refractivity contribution >= 4 is 5.57 Å². The lowest BCUT2D eigenvalue weighted by molar-refractivity contribution is 0.430. The smallest absolute Gasteiger partial charge is 0.0919 e. The van der Waals surface area contributed by atoms with Crippen LogP contribution in [0, 0.1) is 0 Å². The van der Waals surface area contributed by atoms with Crippen LogP contribution in [0.2, 0.25) is 0 Å². The van der Waals surface area contributed by atoms with Crippen molar-refractivity contribution in [2.45, 2.75) is 66.3 Å². The second-order valence-electron chi connectivity index (χ2n) is 8.16. The molecule has 0 unspecified atom stereocenters. The summed E-state index contributed by atoms with van der Waals surface area (Å²) in [7, 11) is 0. The highest BCUT2D eigenvalue weighted by molar-refractivity contribution is 5.61. The third-order valence-electron chi connectivity index (χ3n) is 4.94. The average molecular weight is 393 g/mol. The van der Waals surface area contributed by atoms with Gasteiger partial charge in [-0.2, -0.15) is 0 Å². The van der Waals surface area contributed by atoms with E-state index in [0.29, 0.717) is 5.92 Å². The maximum absolute atomic E-state index is 4.16. The van der Waals surface area contributed by atoms with Gasteiger partial charge in [-0.1, -0.05) is 95.0 Å². The van der Waals surface area contributed by atoms with Gasteiger partial charge in [0.15, 0.2) is 0 Å². The highest BCUT2D eigenvalue weighted by Crippen LogP contribution is 2.24. The molecule has 158 valence electrons. The quantitative estimate of drug-likeness (QED) is 0.480. The minimum absolute atomic E-state index is 0.182. The SMILES string of the molecule is C=C(NCCc1ccc(C(=C)C)cc1)NC(C)(C)c1cccc(C(C)C)c1.CC. The Morgan fingerprint density at radius 1 is 1.00 bits per heavy atom. The molecule has 2 rings (SSSR count). The van der Waals surface area contributed by atoms with Gasteiger partial charge in [0, 0.05) is 6.54 Å². The van der Waals surface area contributed by atoms with E-state index < -0.39 is 0 Å².